The first-order chi connectivity index (χ1) is 13.2. The summed E-state index contributed by atoms with van der Waals surface area (Å²) in [7, 11) is 5.12. The third kappa shape index (κ3) is 2.47. The molecule has 1 atom stereocenters. The summed E-state index contributed by atoms with van der Waals surface area (Å²) >= 11 is 0. The summed E-state index contributed by atoms with van der Waals surface area (Å²) in [5.41, 5.74) is 2.94. The molecule has 0 spiro atoms. The monoisotopic (exact) mass is 363 g/mol. The predicted molar refractivity (Wildman–Crippen MR) is 108 cm³/mol. The van der Waals surface area contributed by atoms with Gasteiger partial charge in [0.05, 0.1) is 21.3 Å². The summed E-state index contributed by atoms with van der Waals surface area (Å²) in [6.45, 7) is 2.23. The Balaban J connectivity index is 1.88. The predicted octanol–water partition coefficient (Wildman–Crippen LogP) is 4.54. The van der Waals surface area contributed by atoms with Crippen LogP contribution in [0.2, 0.25) is 0 Å². The lowest BCUT2D eigenvalue weighted by Crippen LogP contribution is -2.35. The summed E-state index contributed by atoms with van der Waals surface area (Å²) in [5.74, 6) is 2.44. The fourth-order valence-corrected chi connectivity index (χ4v) is 5.00. The van der Waals surface area contributed by atoms with Crippen LogP contribution in [0.1, 0.15) is 24.0 Å². The van der Waals surface area contributed by atoms with Gasteiger partial charge in [-0.3, -0.25) is 4.90 Å². The minimum atomic E-state index is 0.681. The van der Waals surface area contributed by atoms with E-state index in [0.29, 0.717) is 6.04 Å². The lowest BCUT2D eigenvalue weighted by molar-refractivity contribution is 0.229. The molecule has 0 radical (unpaired) electrons. The molecule has 4 heteroatoms. The Labute approximate surface area is 159 Å². The van der Waals surface area contributed by atoms with Gasteiger partial charge in [-0.1, -0.05) is 6.07 Å². The molecule has 2 aliphatic heterocycles. The Kier molecular flexibility index (Phi) is 3.90. The first-order valence-electron chi connectivity index (χ1n) is 9.64. The second-order valence-electron chi connectivity index (χ2n) is 7.59. The van der Waals surface area contributed by atoms with Crippen LogP contribution in [-0.2, 0) is 13.0 Å². The van der Waals surface area contributed by atoms with Crippen molar-refractivity contribution in [2.24, 2.45) is 0 Å². The van der Waals surface area contributed by atoms with E-state index in [1.807, 2.05) is 0 Å². The van der Waals surface area contributed by atoms with Crippen molar-refractivity contribution < 1.29 is 14.2 Å². The summed E-state index contributed by atoms with van der Waals surface area (Å²) in [6, 6.07) is 11.4. The number of methoxy groups -OCH3 is 3. The summed E-state index contributed by atoms with van der Waals surface area (Å²) in [4.78, 5) is 2.65. The highest BCUT2D eigenvalue weighted by molar-refractivity contribution is 6.12. The molecule has 27 heavy (non-hydrogen) atoms. The molecular weight excluding hydrogens is 338 g/mol. The van der Waals surface area contributed by atoms with E-state index < -0.39 is 0 Å². The Hall–Kier alpha value is -2.46. The molecule has 0 aliphatic carbocycles. The van der Waals surface area contributed by atoms with E-state index in [1.165, 1.54) is 52.1 Å². The molecule has 4 nitrogen and oxygen atoms in total. The SMILES string of the molecule is COc1ccc2c3c(c4cc(OC)c(OC)cc4c2c1)CN1CCC[C@@H]1C3. The number of fused-ring (bicyclic) bond motifs is 7. The minimum absolute atomic E-state index is 0.681. The van der Waals surface area contributed by atoms with Crippen LogP contribution in [0.15, 0.2) is 30.3 Å². The molecule has 0 N–H and O–H groups in total. The standard InChI is InChI=1S/C23H25NO3/c1-25-15-6-7-16-17-9-14-5-4-8-24(14)13-21(17)20-12-23(27-3)22(26-2)11-19(20)18(16)10-15/h6-7,10-12,14H,4-5,8-9,13H2,1-3H3/t14-/m1/s1. The largest absolute Gasteiger partial charge is 0.497 e. The Morgan fingerprint density at radius 3 is 2.30 bits per heavy atom. The van der Waals surface area contributed by atoms with Crippen molar-refractivity contribution in [3.8, 4) is 17.2 Å². The van der Waals surface area contributed by atoms with Gasteiger partial charge in [0, 0.05) is 12.6 Å². The average Bonchev–Trinajstić information content (AvgIpc) is 3.18. The van der Waals surface area contributed by atoms with Crippen molar-refractivity contribution in [3.05, 3.63) is 41.5 Å². The van der Waals surface area contributed by atoms with Gasteiger partial charge < -0.3 is 14.2 Å². The van der Waals surface area contributed by atoms with Gasteiger partial charge in [0.1, 0.15) is 5.75 Å². The van der Waals surface area contributed by atoms with Crippen LogP contribution >= 0.6 is 0 Å². The highest BCUT2D eigenvalue weighted by atomic mass is 16.5. The normalized spacial score (nSPS) is 19.1. The lowest BCUT2D eigenvalue weighted by atomic mass is 9.85. The van der Waals surface area contributed by atoms with Crippen LogP contribution in [0, 0.1) is 0 Å². The summed E-state index contributed by atoms with van der Waals surface area (Å²) in [5, 5.41) is 5.05. The fourth-order valence-electron chi connectivity index (χ4n) is 5.00. The number of hydrogen-bond donors (Lipinski definition) is 0. The lowest BCUT2D eigenvalue weighted by Gasteiger charge is -2.33. The van der Waals surface area contributed by atoms with Crippen LogP contribution in [0.4, 0.5) is 0 Å². The van der Waals surface area contributed by atoms with Gasteiger partial charge in [-0.15, -0.1) is 0 Å². The highest BCUT2D eigenvalue weighted by Gasteiger charge is 2.32. The molecule has 2 heterocycles. The van der Waals surface area contributed by atoms with Gasteiger partial charge in [0.15, 0.2) is 11.5 Å². The Bertz CT molecular complexity index is 1040. The third-order valence-corrected chi connectivity index (χ3v) is 6.36. The van der Waals surface area contributed by atoms with Crippen LogP contribution in [0.25, 0.3) is 21.5 Å². The van der Waals surface area contributed by atoms with Crippen LogP contribution in [-0.4, -0.2) is 38.8 Å². The molecule has 0 unspecified atom stereocenters. The number of benzene rings is 3. The van der Waals surface area contributed by atoms with E-state index in [4.69, 9.17) is 14.2 Å². The Morgan fingerprint density at radius 1 is 0.815 bits per heavy atom. The maximum atomic E-state index is 5.62. The van der Waals surface area contributed by atoms with E-state index in [1.54, 1.807) is 21.3 Å². The first-order valence-corrected chi connectivity index (χ1v) is 9.64. The van der Waals surface area contributed by atoms with Gasteiger partial charge in [0.25, 0.3) is 0 Å². The zero-order chi connectivity index (χ0) is 18.5. The molecule has 2 aliphatic rings. The number of rotatable bonds is 3. The van der Waals surface area contributed by atoms with Crippen LogP contribution in [0.5, 0.6) is 17.2 Å². The van der Waals surface area contributed by atoms with Gasteiger partial charge in [0.2, 0.25) is 0 Å². The van der Waals surface area contributed by atoms with Gasteiger partial charge in [-0.05, 0) is 82.7 Å². The fraction of sp³-hybridized carbons (Fsp3) is 0.391. The van der Waals surface area contributed by atoms with Crippen LogP contribution in [0.3, 0.4) is 0 Å². The van der Waals surface area contributed by atoms with E-state index in [2.05, 4.69) is 35.2 Å². The van der Waals surface area contributed by atoms with Gasteiger partial charge in [-0.25, -0.2) is 0 Å². The first kappa shape index (κ1) is 16.7. The highest BCUT2D eigenvalue weighted by Crippen LogP contribution is 2.44. The average molecular weight is 363 g/mol. The van der Waals surface area contributed by atoms with Crippen molar-refractivity contribution in [1.82, 2.24) is 4.90 Å². The molecule has 3 aromatic rings. The zero-order valence-electron chi connectivity index (χ0n) is 16.2. The van der Waals surface area contributed by atoms with Crippen molar-refractivity contribution in [1.29, 1.82) is 0 Å². The zero-order valence-corrected chi connectivity index (χ0v) is 16.2. The van der Waals surface area contributed by atoms with Crippen molar-refractivity contribution in [2.45, 2.75) is 31.8 Å². The van der Waals surface area contributed by atoms with Gasteiger partial charge >= 0.3 is 0 Å². The van der Waals surface area contributed by atoms with E-state index in [9.17, 15) is 0 Å². The number of hydrogen-bond acceptors (Lipinski definition) is 4. The topological polar surface area (TPSA) is 30.9 Å². The molecule has 0 saturated carbocycles. The molecule has 1 saturated heterocycles. The maximum absolute atomic E-state index is 5.62. The smallest absolute Gasteiger partial charge is 0.161 e. The number of ether oxygens (including phenoxy) is 3. The molecule has 0 bridgehead atoms. The van der Waals surface area contributed by atoms with Crippen LogP contribution < -0.4 is 14.2 Å². The molecule has 140 valence electrons. The molecule has 3 aromatic carbocycles. The third-order valence-electron chi connectivity index (χ3n) is 6.36. The molecule has 0 amide bonds. The minimum Gasteiger partial charge on any atom is -0.497 e. The molecule has 0 aromatic heterocycles. The molecular formula is C23H25NO3. The maximum Gasteiger partial charge on any atom is 0.161 e. The molecule has 1 fully saturated rings. The second-order valence-corrected chi connectivity index (χ2v) is 7.59. The summed E-state index contributed by atoms with van der Waals surface area (Å²) < 4.78 is 16.7. The molecule has 5 rings (SSSR count). The summed E-state index contributed by atoms with van der Waals surface area (Å²) in [6.07, 6.45) is 3.74. The van der Waals surface area contributed by atoms with E-state index >= 15 is 0 Å². The van der Waals surface area contributed by atoms with Gasteiger partial charge in [-0.2, -0.15) is 0 Å². The quantitative estimate of drug-likeness (QED) is 0.639. The van der Waals surface area contributed by atoms with Crippen molar-refractivity contribution in [2.75, 3.05) is 27.9 Å². The van der Waals surface area contributed by atoms with Crippen molar-refractivity contribution in [3.63, 3.8) is 0 Å². The van der Waals surface area contributed by atoms with E-state index in [-0.39, 0.29) is 0 Å². The van der Waals surface area contributed by atoms with Crippen molar-refractivity contribution >= 4 is 21.5 Å². The second kappa shape index (κ2) is 6.31. The Morgan fingerprint density at radius 2 is 1.56 bits per heavy atom. The van der Waals surface area contributed by atoms with E-state index in [0.717, 1.165) is 30.2 Å². The number of nitrogens with zero attached hydrogens (tertiary/aromatic N) is 1.